The molecule has 0 fully saturated rings. The Hall–Kier alpha value is -0.940. The third-order valence-corrected chi connectivity index (χ3v) is 2.08. The van der Waals surface area contributed by atoms with Gasteiger partial charge in [-0.15, -0.1) is 0 Å². The van der Waals surface area contributed by atoms with Crippen LogP contribution in [0.25, 0.3) is 0 Å². The molecule has 1 heterocycles. The topological polar surface area (TPSA) is 85.2 Å². The van der Waals surface area contributed by atoms with Gasteiger partial charge in [0.15, 0.2) is 5.82 Å². The molecule has 3 N–H and O–H groups in total. The maximum atomic E-state index is 8.67. The summed E-state index contributed by atoms with van der Waals surface area (Å²) in [6.07, 6.45) is 2.36. The van der Waals surface area contributed by atoms with Gasteiger partial charge in [0.05, 0.1) is 6.61 Å². The summed E-state index contributed by atoms with van der Waals surface area (Å²) < 4.78 is 5.06. The minimum absolute atomic E-state index is 0.0517. The molecule has 0 aliphatic rings. The lowest BCUT2D eigenvalue weighted by atomic mass is 10.1. The molecular formula is C9H17N3O2. The zero-order valence-electron chi connectivity index (χ0n) is 8.44. The Morgan fingerprint density at radius 1 is 1.57 bits per heavy atom. The summed E-state index contributed by atoms with van der Waals surface area (Å²) in [6.45, 7) is 2.77. The molecule has 0 aliphatic heterocycles. The SMILES string of the molecule is CC(CCCN)c1nc(CCO)no1. The lowest BCUT2D eigenvalue weighted by molar-refractivity contribution is 0.292. The van der Waals surface area contributed by atoms with Gasteiger partial charge in [0, 0.05) is 12.3 Å². The van der Waals surface area contributed by atoms with Gasteiger partial charge in [-0.05, 0) is 19.4 Å². The lowest BCUT2D eigenvalue weighted by Crippen LogP contribution is -2.02. The number of nitrogens with two attached hydrogens (primary N) is 1. The standard InChI is InChI=1S/C9H17N3O2/c1-7(3-2-5-10)9-11-8(4-6-13)12-14-9/h7,13H,2-6,10H2,1H3. The minimum atomic E-state index is 0.0517. The van der Waals surface area contributed by atoms with Crippen LogP contribution in [0.3, 0.4) is 0 Å². The number of aliphatic hydroxyl groups excluding tert-OH is 1. The van der Waals surface area contributed by atoms with Crippen molar-refractivity contribution in [2.45, 2.75) is 32.1 Å². The summed E-state index contributed by atoms with van der Waals surface area (Å²) in [7, 11) is 0. The molecular weight excluding hydrogens is 182 g/mol. The second-order valence-corrected chi connectivity index (χ2v) is 3.35. The van der Waals surface area contributed by atoms with E-state index in [1.807, 2.05) is 6.92 Å². The number of rotatable bonds is 6. The van der Waals surface area contributed by atoms with Gasteiger partial charge in [-0.3, -0.25) is 0 Å². The van der Waals surface area contributed by atoms with Crippen LogP contribution in [-0.4, -0.2) is 28.4 Å². The van der Waals surface area contributed by atoms with Crippen LogP contribution in [0.5, 0.6) is 0 Å². The van der Waals surface area contributed by atoms with E-state index in [1.54, 1.807) is 0 Å². The van der Waals surface area contributed by atoms with Crippen molar-refractivity contribution < 1.29 is 9.63 Å². The summed E-state index contributed by atoms with van der Waals surface area (Å²) in [5, 5.41) is 12.4. The van der Waals surface area contributed by atoms with E-state index < -0.39 is 0 Å². The largest absolute Gasteiger partial charge is 0.396 e. The molecule has 1 rings (SSSR count). The Kier molecular flexibility index (Phi) is 4.55. The highest BCUT2D eigenvalue weighted by Gasteiger charge is 2.13. The molecule has 0 spiro atoms. The molecule has 0 aliphatic carbocycles. The van der Waals surface area contributed by atoms with Crippen molar-refractivity contribution >= 4 is 0 Å². The normalized spacial score (nSPS) is 13.1. The van der Waals surface area contributed by atoms with Gasteiger partial charge in [-0.1, -0.05) is 12.1 Å². The van der Waals surface area contributed by atoms with Crippen molar-refractivity contribution in [1.29, 1.82) is 0 Å². The van der Waals surface area contributed by atoms with E-state index in [2.05, 4.69) is 10.1 Å². The lowest BCUT2D eigenvalue weighted by Gasteiger charge is -2.03. The smallest absolute Gasteiger partial charge is 0.229 e. The van der Waals surface area contributed by atoms with Crippen molar-refractivity contribution in [3.05, 3.63) is 11.7 Å². The molecule has 0 saturated carbocycles. The van der Waals surface area contributed by atoms with Gasteiger partial charge in [-0.2, -0.15) is 4.98 Å². The molecule has 5 nitrogen and oxygen atoms in total. The fourth-order valence-corrected chi connectivity index (χ4v) is 1.22. The Balaban J connectivity index is 2.48. The third kappa shape index (κ3) is 3.08. The van der Waals surface area contributed by atoms with E-state index in [-0.39, 0.29) is 12.5 Å². The predicted molar refractivity (Wildman–Crippen MR) is 51.8 cm³/mol. The minimum Gasteiger partial charge on any atom is -0.396 e. The molecule has 1 aromatic heterocycles. The van der Waals surface area contributed by atoms with Crippen molar-refractivity contribution in [3.63, 3.8) is 0 Å². The van der Waals surface area contributed by atoms with E-state index in [0.717, 1.165) is 12.8 Å². The summed E-state index contributed by atoms with van der Waals surface area (Å²) in [6, 6.07) is 0. The number of aromatic nitrogens is 2. The molecule has 1 aromatic rings. The third-order valence-electron chi connectivity index (χ3n) is 2.08. The number of aliphatic hydroxyl groups is 1. The van der Waals surface area contributed by atoms with E-state index >= 15 is 0 Å². The molecule has 0 radical (unpaired) electrons. The molecule has 0 saturated heterocycles. The summed E-state index contributed by atoms with van der Waals surface area (Å²) in [4.78, 5) is 4.17. The quantitative estimate of drug-likeness (QED) is 0.694. The van der Waals surface area contributed by atoms with E-state index in [4.69, 9.17) is 15.4 Å². The Morgan fingerprint density at radius 3 is 3.00 bits per heavy atom. The van der Waals surface area contributed by atoms with E-state index in [0.29, 0.717) is 24.7 Å². The van der Waals surface area contributed by atoms with Gasteiger partial charge < -0.3 is 15.4 Å². The first kappa shape index (κ1) is 11.1. The molecule has 80 valence electrons. The summed E-state index contributed by atoms with van der Waals surface area (Å²) in [5.41, 5.74) is 5.41. The van der Waals surface area contributed by atoms with Gasteiger partial charge in [0.25, 0.3) is 0 Å². The first-order valence-electron chi connectivity index (χ1n) is 4.91. The monoisotopic (exact) mass is 199 g/mol. The first-order chi connectivity index (χ1) is 6.77. The van der Waals surface area contributed by atoms with Crippen LogP contribution in [-0.2, 0) is 6.42 Å². The van der Waals surface area contributed by atoms with Gasteiger partial charge >= 0.3 is 0 Å². The number of hydrogen-bond donors (Lipinski definition) is 2. The van der Waals surface area contributed by atoms with Crippen molar-refractivity contribution in [2.75, 3.05) is 13.2 Å². The van der Waals surface area contributed by atoms with Crippen LogP contribution in [0.2, 0.25) is 0 Å². The highest BCUT2D eigenvalue weighted by Crippen LogP contribution is 2.18. The van der Waals surface area contributed by atoms with Gasteiger partial charge in [-0.25, -0.2) is 0 Å². The Morgan fingerprint density at radius 2 is 2.36 bits per heavy atom. The van der Waals surface area contributed by atoms with E-state index in [1.165, 1.54) is 0 Å². The molecule has 1 atom stereocenters. The Bertz CT molecular complexity index is 262. The van der Waals surface area contributed by atoms with Crippen LogP contribution in [0, 0.1) is 0 Å². The molecule has 5 heteroatoms. The molecule has 0 aromatic carbocycles. The Labute approximate surface area is 83.3 Å². The zero-order chi connectivity index (χ0) is 10.4. The number of nitrogens with zero attached hydrogens (tertiary/aromatic N) is 2. The fraction of sp³-hybridized carbons (Fsp3) is 0.778. The summed E-state index contributed by atoms with van der Waals surface area (Å²) >= 11 is 0. The second kappa shape index (κ2) is 5.72. The highest BCUT2D eigenvalue weighted by atomic mass is 16.5. The summed E-state index contributed by atoms with van der Waals surface area (Å²) in [5.74, 6) is 1.46. The fourth-order valence-electron chi connectivity index (χ4n) is 1.22. The maximum absolute atomic E-state index is 8.67. The second-order valence-electron chi connectivity index (χ2n) is 3.35. The maximum Gasteiger partial charge on any atom is 0.229 e. The average molecular weight is 199 g/mol. The van der Waals surface area contributed by atoms with Crippen LogP contribution >= 0.6 is 0 Å². The van der Waals surface area contributed by atoms with Gasteiger partial charge in [0.2, 0.25) is 5.89 Å². The molecule has 1 unspecified atom stereocenters. The molecule has 0 bridgehead atoms. The van der Waals surface area contributed by atoms with Crippen molar-refractivity contribution in [2.24, 2.45) is 5.73 Å². The molecule has 14 heavy (non-hydrogen) atoms. The zero-order valence-corrected chi connectivity index (χ0v) is 8.44. The van der Waals surface area contributed by atoms with Crippen LogP contribution in [0.15, 0.2) is 4.52 Å². The van der Waals surface area contributed by atoms with Crippen molar-refractivity contribution in [1.82, 2.24) is 10.1 Å². The average Bonchev–Trinajstić information content (AvgIpc) is 2.63. The van der Waals surface area contributed by atoms with Crippen LogP contribution in [0.1, 0.15) is 37.4 Å². The number of hydrogen-bond acceptors (Lipinski definition) is 5. The van der Waals surface area contributed by atoms with Gasteiger partial charge in [0.1, 0.15) is 0 Å². The highest BCUT2D eigenvalue weighted by molar-refractivity contribution is 4.92. The van der Waals surface area contributed by atoms with E-state index in [9.17, 15) is 0 Å². The van der Waals surface area contributed by atoms with Crippen LogP contribution in [0.4, 0.5) is 0 Å². The van der Waals surface area contributed by atoms with Crippen LogP contribution < -0.4 is 5.73 Å². The molecule has 0 amide bonds. The van der Waals surface area contributed by atoms with Crippen molar-refractivity contribution in [3.8, 4) is 0 Å². The predicted octanol–water partition coefficient (Wildman–Crippen LogP) is 0.447. The first-order valence-corrected chi connectivity index (χ1v) is 4.91.